The molecule has 2 rings (SSSR count). The molecule has 0 spiro atoms. The second-order valence-electron chi connectivity index (χ2n) is 5.21. The van der Waals surface area contributed by atoms with Crippen molar-refractivity contribution >= 4 is 5.69 Å². The summed E-state index contributed by atoms with van der Waals surface area (Å²) in [7, 11) is 1.69. The fourth-order valence-electron chi connectivity index (χ4n) is 2.92. The van der Waals surface area contributed by atoms with Gasteiger partial charge in [-0.1, -0.05) is 6.92 Å². The van der Waals surface area contributed by atoms with Crippen LogP contribution in [0.5, 0.6) is 0 Å². The topological polar surface area (TPSA) is 30.3 Å². The molecule has 0 bridgehead atoms. The summed E-state index contributed by atoms with van der Waals surface area (Å²) < 4.78 is 27.9. The molecule has 0 radical (unpaired) electrons. The Morgan fingerprint density at radius 3 is 2.60 bits per heavy atom. The average Bonchev–Trinajstić information content (AvgIpc) is 2.84. The molecule has 108 valence electrons. The third-order valence-corrected chi connectivity index (χ3v) is 3.92. The van der Waals surface area contributed by atoms with Crippen LogP contribution >= 0.6 is 0 Å². The zero-order valence-corrected chi connectivity index (χ0v) is 11.9. The molecule has 1 heterocycles. The third kappa shape index (κ3) is 2.91. The highest BCUT2D eigenvalue weighted by atomic mass is 19.1. The van der Waals surface area contributed by atoms with Gasteiger partial charge in [0, 0.05) is 19.6 Å². The van der Waals surface area contributed by atoms with E-state index >= 15 is 0 Å². The molecule has 5 heteroatoms. The van der Waals surface area contributed by atoms with Gasteiger partial charge >= 0.3 is 0 Å². The number of halogens is 2. The van der Waals surface area contributed by atoms with Gasteiger partial charge in [-0.15, -0.1) is 0 Å². The molecule has 1 fully saturated rings. The van der Waals surface area contributed by atoms with Gasteiger partial charge in [-0.3, -0.25) is 4.90 Å². The Labute approximate surface area is 118 Å². The molecule has 1 aromatic carbocycles. The molecular weight excluding hydrogens is 260 g/mol. The van der Waals surface area contributed by atoms with Crippen LogP contribution in [-0.4, -0.2) is 37.6 Å². The molecule has 0 aliphatic carbocycles. The summed E-state index contributed by atoms with van der Waals surface area (Å²) >= 11 is 0. The van der Waals surface area contributed by atoms with Crippen LogP contribution in [0.3, 0.4) is 0 Å². The number of rotatable bonds is 4. The van der Waals surface area contributed by atoms with Crippen molar-refractivity contribution in [2.75, 3.05) is 31.6 Å². The van der Waals surface area contributed by atoms with Crippen molar-refractivity contribution in [1.29, 1.82) is 5.26 Å². The van der Waals surface area contributed by atoms with Crippen LogP contribution in [-0.2, 0) is 0 Å². The number of nitrogens with zero attached hydrogens (tertiary/aromatic N) is 3. The van der Waals surface area contributed by atoms with E-state index in [1.807, 2.05) is 0 Å². The molecule has 3 nitrogen and oxygen atoms in total. The second kappa shape index (κ2) is 6.19. The molecule has 0 saturated carbocycles. The predicted octanol–water partition coefficient (Wildman–Crippen LogP) is 2.76. The van der Waals surface area contributed by atoms with Gasteiger partial charge in [0.15, 0.2) is 11.6 Å². The lowest BCUT2D eigenvalue weighted by atomic mass is 10.1. The van der Waals surface area contributed by atoms with Crippen LogP contribution in [0.4, 0.5) is 14.5 Å². The van der Waals surface area contributed by atoms with E-state index in [9.17, 15) is 8.78 Å². The highest BCUT2D eigenvalue weighted by molar-refractivity contribution is 5.52. The average molecular weight is 279 g/mol. The van der Waals surface area contributed by atoms with Crippen LogP contribution < -0.4 is 4.90 Å². The molecule has 1 aliphatic heterocycles. The molecule has 1 unspecified atom stereocenters. The van der Waals surface area contributed by atoms with E-state index in [0.29, 0.717) is 12.6 Å². The number of benzene rings is 1. The van der Waals surface area contributed by atoms with E-state index in [1.54, 1.807) is 18.0 Å². The number of anilines is 1. The first kappa shape index (κ1) is 14.7. The Morgan fingerprint density at radius 1 is 1.40 bits per heavy atom. The predicted molar refractivity (Wildman–Crippen MR) is 74.6 cm³/mol. The molecule has 1 aromatic rings. The first-order valence-corrected chi connectivity index (χ1v) is 6.91. The molecular formula is C15H19F2N3. The van der Waals surface area contributed by atoms with Crippen molar-refractivity contribution in [1.82, 2.24) is 4.90 Å². The summed E-state index contributed by atoms with van der Waals surface area (Å²) in [6, 6.07) is 4.26. The van der Waals surface area contributed by atoms with E-state index in [0.717, 1.165) is 38.1 Å². The lowest BCUT2D eigenvalue weighted by molar-refractivity contribution is 0.270. The number of hydrogen-bond donors (Lipinski definition) is 0. The third-order valence-electron chi connectivity index (χ3n) is 3.92. The lowest BCUT2D eigenvalue weighted by Crippen LogP contribution is -2.39. The highest BCUT2D eigenvalue weighted by Gasteiger charge is 2.26. The molecule has 1 atom stereocenters. The van der Waals surface area contributed by atoms with Crippen LogP contribution in [0.25, 0.3) is 0 Å². The van der Waals surface area contributed by atoms with Gasteiger partial charge in [0.2, 0.25) is 0 Å². The van der Waals surface area contributed by atoms with Crippen molar-refractivity contribution in [2.24, 2.45) is 0 Å². The molecule has 20 heavy (non-hydrogen) atoms. The SMILES string of the molecule is CCN1CCCC1CN(C)c1c(F)cc(C#N)cc1F. The highest BCUT2D eigenvalue weighted by Crippen LogP contribution is 2.26. The fraction of sp³-hybridized carbons (Fsp3) is 0.533. The van der Waals surface area contributed by atoms with E-state index in [1.165, 1.54) is 0 Å². The summed E-state index contributed by atoms with van der Waals surface area (Å²) in [5.74, 6) is -1.35. The summed E-state index contributed by atoms with van der Waals surface area (Å²) in [5.41, 5.74) is -0.0415. The van der Waals surface area contributed by atoms with Gasteiger partial charge in [-0.05, 0) is 38.1 Å². The van der Waals surface area contributed by atoms with Crippen molar-refractivity contribution in [3.63, 3.8) is 0 Å². The number of nitriles is 1. The maximum atomic E-state index is 14.0. The van der Waals surface area contributed by atoms with Gasteiger partial charge < -0.3 is 4.90 Å². The maximum absolute atomic E-state index is 14.0. The quantitative estimate of drug-likeness (QED) is 0.849. The maximum Gasteiger partial charge on any atom is 0.150 e. The van der Waals surface area contributed by atoms with E-state index in [2.05, 4.69) is 11.8 Å². The molecule has 1 aliphatic rings. The van der Waals surface area contributed by atoms with E-state index < -0.39 is 11.6 Å². The summed E-state index contributed by atoms with van der Waals surface area (Å²) in [6.45, 7) is 4.69. The standard InChI is InChI=1S/C15H19F2N3/c1-3-20-6-4-5-12(20)10-19(2)15-13(16)7-11(9-18)8-14(15)17/h7-8,12H,3-6,10H2,1-2H3. The normalized spacial score (nSPS) is 19.1. The Balaban J connectivity index is 2.17. The van der Waals surface area contributed by atoms with Gasteiger partial charge in [0.1, 0.15) is 5.69 Å². The molecule has 0 N–H and O–H groups in total. The first-order valence-electron chi connectivity index (χ1n) is 6.91. The minimum Gasteiger partial charge on any atom is -0.368 e. The summed E-state index contributed by atoms with van der Waals surface area (Å²) in [5, 5.41) is 8.71. The van der Waals surface area contributed by atoms with Gasteiger partial charge in [-0.25, -0.2) is 8.78 Å². The van der Waals surface area contributed by atoms with Gasteiger partial charge in [0.25, 0.3) is 0 Å². The van der Waals surface area contributed by atoms with Crippen LogP contribution in [0.15, 0.2) is 12.1 Å². The fourth-order valence-corrected chi connectivity index (χ4v) is 2.92. The Hall–Kier alpha value is -1.67. The van der Waals surface area contributed by atoms with Crippen molar-refractivity contribution in [3.8, 4) is 6.07 Å². The zero-order chi connectivity index (χ0) is 14.7. The summed E-state index contributed by atoms with van der Waals surface area (Å²) in [6.07, 6.45) is 2.18. The van der Waals surface area contributed by atoms with Crippen LogP contribution in [0.2, 0.25) is 0 Å². The summed E-state index contributed by atoms with van der Waals surface area (Å²) in [4.78, 5) is 3.94. The Morgan fingerprint density at radius 2 is 2.05 bits per heavy atom. The number of likely N-dealkylation sites (tertiary alicyclic amines) is 1. The van der Waals surface area contributed by atoms with Crippen molar-refractivity contribution in [2.45, 2.75) is 25.8 Å². The monoisotopic (exact) mass is 279 g/mol. The number of hydrogen-bond acceptors (Lipinski definition) is 3. The van der Waals surface area contributed by atoms with Gasteiger partial charge in [-0.2, -0.15) is 5.26 Å². The van der Waals surface area contributed by atoms with Crippen LogP contribution in [0, 0.1) is 23.0 Å². The molecule has 0 amide bonds. The van der Waals surface area contributed by atoms with Crippen molar-refractivity contribution < 1.29 is 8.78 Å². The first-order chi connectivity index (χ1) is 9.56. The largest absolute Gasteiger partial charge is 0.368 e. The Kier molecular flexibility index (Phi) is 4.56. The molecule has 1 saturated heterocycles. The molecule has 0 aromatic heterocycles. The van der Waals surface area contributed by atoms with E-state index in [4.69, 9.17) is 5.26 Å². The smallest absolute Gasteiger partial charge is 0.150 e. The number of likely N-dealkylation sites (N-methyl/N-ethyl adjacent to an activating group) is 2. The minimum atomic E-state index is -0.676. The van der Waals surface area contributed by atoms with Crippen LogP contribution in [0.1, 0.15) is 25.3 Å². The Bertz CT molecular complexity index is 501. The second-order valence-corrected chi connectivity index (χ2v) is 5.21. The van der Waals surface area contributed by atoms with Gasteiger partial charge in [0.05, 0.1) is 11.6 Å². The lowest BCUT2D eigenvalue weighted by Gasteiger charge is -2.29. The van der Waals surface area contributed by atoms with Crippen molar-refractivity contribution in [3.05, 3.63) is 29.3 Å². The zero-order valence-electron chi connectivity index (χ0n) is 11.9. The minimum absolute atomic E-state index is 0.00759. The van der Waals surface area contributed by atoms with E-state index in [-0.39, 0.29) is 11.3 Å².